The molecule has 1 nitrogen and oxygen atoms in total. The van der Waals surface area contributed by atoms with Crippen molar-refractivity contribution in [2.45, 2.75) is 44.3 Å². The molecule has 0 saturated carbocycles. The zero-order valence-corrected chi connectivity index (χ0v) is 14.0. The lowest BCUT2D eigenvalue weighted by molar-refractivity contribution is 0.0994. The first kappa shape index (κ1) is 15.8. The number of Topliss-reactive ketones (excluding diaryl/α,β-unsaturated/α-hetero) is 1. The molecule has 21 heavy (non-hydrogen) atoms. The summed E-state index contributed by atoms with van der Waals surface area (Å²) >= 11 is 1.64. The molecule has 1 unspecified atom stereocenters. The van der Waals surface area contributed by atoms with Crippen LogP contribution < -0.4 is 0 Å². The number of rotatable bonds is 5. The van der Waals surface area contributed by atoms with Gasteiger partial charge in [-0.05, 0) is 44.4 Å². The van der Waals surface area contributed by atoms with E-state index in [1.165, 1.54) is 21.6 Å². The molecule has 1 atom stereocenters. The Hall–Kier alpha value is -1.54. The van der Waals surface area contributed by atoms with Crippen LogP contribution in [-0.4, -0.2) is 11.0 Å². The monoisotopic (exact) mass is 298 g/mol. The van der Waals surface area contributed by atoms with Crippen molar-refractivity contribution < 1.29 is 4.79 Å². The van der Waals surface area contributed by atoms with E-state index in [1.54, 1.807) is 11.8 Å². The Morgan fingerprint density at radius 3 is 2.33 bits per heavy atom. The standard InChI is InChI=1S/C19H22OS/c1-5-16-7-9-17(10-8-16)19(20)15(4)21-18-11-6-13(2)12-14(18)3/h6-12,15H,5H2,1-4H3. The molecule has 110 valence electrons. The van der Waals surface area contributed by atoms with Gasteiger partial charge < -0.3 is 0 Å². The van der Waals surface area contributed by atoms with Gasteiger partial charge in [0.15, 0.2) is 5.78 Å². The molecule has 2 aromatic carbocycles. The van der Waals surface area contributed by atoms with E-state index in [-0.39, 0.29) is 11.0 Å². The highest BCUT2D eigenvalue weighted by atomic mass is 32.2. The third-order valence-electron chi connectivity index (χ3n) is 3.65. The van der Waals surface area contributed by atoms with Crippen molar-refractivity contribution in [3.63, 3.8) is 0 Å². The molecule has 0 aliphatic heterocycles. The topological polar surface area (TPSA) is 17.1 Å². The molecule has 2 heteroatoms. The normalized spacial score (nSPS) is 12.2. The minimum Gasteiger partial charge on any atom is -0.293 e. The molecule has 0 fully saturated rings. The predicted octanol–water partition coefficient (Wildman–Crippen LogP) is 5.23. The summed E-state index contributed by atoms with van der Waals surface area (Å²) in [4.78, 5) is 13.7. The molecular formula is C19H22OS. The molecule has 0 aliphatic carbocycles. The van der Waals surface area contributed by atoms with E-state index < -0.39 is 0 Å². The molecule has 0 amide bonds. The summed E-state index contributed by atoms with van der Waals surface area (Å²) in [7, 11) is 0. The Balaban J connectivity index is 2.11. The molecule has 2 aromatic rings. The minimum absolute atomic E-state index is 0.0705. The highest BCUT2D eigenvalue weighted by Crippen LogP contribution is 2.29. The molecular weight excluding hydrogens is 276 g/mol. The van der Waals surface area contributed by atoms with E-state index in [2.05, 4.69) is 39.0 Å². The fourth-order valence-corrected chi connectivity index (χ4v) is 3.33. The lowest BCUT2D eigenvalue weighted by Gasteiger charge is -2.13. The summed E-state index contributed by atoms with van der Waals surface area (Å²) < 4.78 is 0. The van der Waals surface area contributed by atoms with Gasteiger partial charge in [-0.1, -0.05) is 48.9 Å². The Bertz CT molecular complexity index is 629. The number of benzene rings is 2. The molecule has 0 bridgehead atoms. The summed E-state index contributed by atoms with van der Waals surface area (Å²) in [6.45, 7) is 8.30. The number of ketones is 1. The van der Waals surface area contributed by atoms with E-state index in [4.69, 9.17) is 0 Å². The van der Waals surface area contributed by atoms with Crippen LogP contribution in [0.4, 0.5) is 0 Å². The average Bonchev–Trinajstić information content (AvgIpc) is 2.49. The lowest BCUT2D eigenvalue weighted by Crippen LogP contribution is -2.13. The van der Waals surface area contributed by atoms with Crippen molar-refractivity contribution in [1.29, 1.82) is 0 Å². The molecule has 0 radical (unpaired) electrons. The molecule has 0 heterocycles. The first-order chi connectivity index (χ1) is 10.0. The molecule has 0 aliphatic rings. The molecule has 0 saturated heterocycles. The fourth-order valence-electron chi connectivity index (χ4n) is 2.31. The quantitative estimate of drug-likeness (QED) is 0.555. The second-order valence-electron chi connectivity index (χ2n) is 5.44. The van der Waals surface area contributed by atoms with Crippen LogP contribution in [0.25, 0.3) is 0 Å². The zero-order chi connectivity index (χ0) is 15.4. The summed E-state index contributed by atoms with van der Waals surface area (Å²) in [6.07, 6.45) is 1.00. The van der Waals surface area contributed by atoms with Crippen molar-refractivity contribution in [3.8, 4) is 0 Å². The van der Waals surface area contributed by atoms with Crippen molar-refractivity contribution in [2.75, 3.05) is 0 Å². The number of carbonyl (C=O) groups is 1. The van der Waals surface area contributed by atoms with Gasteiger partial charge in [-0.3, -0.25) is 4.79 Å². The summed E-state index contributed by atoms with van der Waals surface area (Å²) in [6, 6.07) is 14.3. The van der Waals surface area contributed by atoms with E-state index in [9.17, 15) is 4.79 Å². The maximum atomic E-state index is 12.5. The maximum Gasteiger partial charge on any atom is 0.175 e. The SMILES string of the molecule is CCc1ccc(C(=O)C(C)Sc2ccc(C)cc2C)cc1. The van der Waals surface area contributed by atoms with Gasteiger partial charge in [0.1, 0.15) is 0 Å². The van der Waals surface area contributed by atoms with Gasteiger partial charge >= 0.3 is 0 Å². The molecule has 0 aromatic heterocycles. The van der Waals surface area contributed by atoms with Crippen molar-refractivity contribution in [1.82, 2.24) is 0 Å². The van der Waals surface area contributed by atoms with Crippen molar-refractivity contribution in [3.05, 3.63) is 64.7 Å². The van der Waals surface area contributed by atoms with E-state index in [0.717, 1.165) is 12.0 Å². The first-order valence-electron chi connectivity index (χ1n) is 7.38. The van der Waals surface area contributed by atoms with Crippen LogP contribution in [-0.2, 0) is 6.42 Å². The van der Waals surface area contributed by atoms with Crippen LogP contribution >= 0.6 is 11.8 Å². The summed E-state index contributed by atoms with van der Waals surface area (Å²) in [5.74, 6) is 0.197. The minimum atomic E-state index is -0.0705. The van der Waals surface area contributed by atoms with Crippen LogP contribution in [0.15, 0.2) is 47.4 Å². The van der Waals surface area contributed by atoms with Gasteiger partial charge in [-0.15, -0.1) is 11.8 Å². The highest BCUT2D eigenvalue weighted by molar-refractivity contribution is 8.00. The molecule has 0 N–H and O–H groups in total. The van der Waals surface area contributed by atoms with E-state index in [0.29, 0.717) is 0 Å². The second-order valence-corrected chi connectivity index (χ2v) is 6.83. The van der Waals surface area contributed by atoms with E-state index >= 15 is 0 Å². The second kappa shape index (κ2) is 6.95. The van der Waals surface area contributed by atoms with Crippen LogP contribution in [0.2, 0.25) is 0 Å². The Kier molecular flexibility index (Phi) is 5.24. The van der Waals surface area contributed by atoms with Gasteiger partial charge in [0, 0.05) is 10.5 Å². The fraction of sp³-hybridized carbons (Fsp3) is 0.316. The number of carbonyl (C=O) groups excluding carboxylic acids is 1. The smallest absolute Gasteiger partial charge is 0.175 e. The van der Waals surface area contributed by atoms with Crippen molar-refractivity contribution >= 4 is 17.5 Å². The van der Waals surface area contributed by atoms with Gasteiger partial charge in [0.25, 0.3) is 0 Å². The Labute approximate surface area is 131 Å². The molecule has 0 spiro atoms. The highest BCUT2D eigenvalue weighted by Gasteiger charge is 2.17. The van der Waals surface area contributed by atoms with Crippen LogP contribution in [0.3, 0.4) is 0 Å². The Morgan fingerprint density at radius 2 is 1.76 bits per heavy atom. The predicted molar refractivity (Wildman–Crippen MR) is 91.4 cm³/mol. The number of thioether (sulfide) groups is 1. The average molecular weight is 298 g/mol. The molecule has 2 rings (SSSR count). The van der Waals surface area contributed by atoms with E-state index in [1.807, 2.05) is 31.2 Å². The first-order valence-corrected chi connectivity index (χ1v) is 8.26. The third kappa shape index (κ3) is 3.98. The van der Waals surface area contributed by atoms with Crippen LogP contribution in [0.1, 0.15) is 40.9 Å². The number of hydrogen-bond donors (Lipinski definition) is 0. The third-order valence-corrected chi connectivity index (χ3v) is 4.93. The van der Waals surface area contributed by atoms with Crippen LogP contribution in [0.5, 0.6) is 0 Å². The van der Waals surface area contributed by atoms with Gasteiger partial charge in [0.2, 0.25) is 0 Å². The number of aryl methyl sites for hydroxylation is 3. The Morgan fingerprint density at radius 1 is 1.10 bits per heavy atom. The summed E-state index contributed by atoms with van der Waals surface area (Å²) in [5.41, 5.74) is 4.56. The van der Waals surface area contributed by atoms with Crippen molar-refractivity contribution in [2.24, 2.45) is 0 Å². The summed E-state index contributed by atoms with van der Waals surface area (Å²) in [5, 5.41) is -0.0705. The largest absolute Gasteiger partial charge is 0.293 e. The maximum absolute atomic E-state index is 12.5. The zero-order valence-electron chi connectivity index (χ0n) is 13.1. The number of hydrogen-bond acceptors (Lipinski definition) is 2. The lowest BCUT2D eigenvalue weighted by atomic mass is 10.1. The van der Waals surface area contributed by atoms with Crippen LogP contribution in [0, 0.1) is 13.8 Å². The van der Waals surface area contributed by atoms with Gasteiger partial charge in [-0.2, -0.15) is 0 Å². The van der Waals surface area contributed by atoms with Gasteiger partial charge in [-0.25, -0.2) is 0 Å². The van der Waals surface area contributed by atoms with Gasteiger partial charge in [0.05, 0.1) is 5.25 Å².